The number of carbonyl (C=O) groups is 1. The highest BCUT2D eigenvalue weighted by molar-refractivity contribution is 7.99. The lowest BCUT2D eigenvalue weighted by atomic mass is 10.4. The molecule has 1 aromatic heterocycles. The third-order valence-corrected chi connectivity index (χ3v) is 3.52. The number of thioether (sulfide) groups is 1. The van der Waals surface area contributed by atoms with Gasteiger partial charge < -0.3 is 4.74 Å². The van der Waals surface area contributed by atoms with Gasteiger partial charge in [0.2, 0.25) is 0 Å². The molecule has 1 aliphatic rings. The molecule has 0 atom stereocenters. The van der Waals surface area contributed by atoms with Gasteiger partial charge in [0, 0.05) is 17.7 Å². The van der Waals surface area contributed by atoms with Crippen molar-refractivity contribution in [2.45, 2.75) is 30.2 Å². The number of ether oxygens (including phenoxy) is 1. The molecule has 2 rings (SSSR count). The summed E-state index contributed by atoms with van der Waals surface area (Å²) < 4.78 is 4.57. The predicted octanol–water partition coefficient (Wildman–Crippen LogP) is 2.66. The van der Waals surface area contributed by atoms with Crippen LogP contribution in [0.15, 0.2) is 11.1 Å². The molecule has 0 aliphatic heterocycles. The summed E-state index contributed by atoms with van der Waals surface area (Å²) in [6.07, 6.45) is 2.67. The van der Waals surface area contributed by atoms with E-state index in [0.717, 1.165) is 23.7 Å². The van der Waals surface area contributed by atoms with Crippen molar-refractivity contribution >= 4 is 29.3 Å². The molecule has 0 radical (unpaired) electrons. The molecule has 1 fully saturated rings. The van der Waals surface area contributed by atoms with Crippen molar-refractivity contribution in [2.75, 3.05) is 12.9 Å². The zero-order valence-corrected chi connectivity index (χ0v) is 11.1. The third kappa shape index (κ3) is 3.85. The lowest BCUT2D eigenvalue weighted by Crippen LogP contribution is -2.01. The lowest BCUT2D eigenvalue weighted by Gasteiger charge is -2.03. The first-order chi connectivity index (χ1) is 8.19. The number of hydrogen-bond donors (Lipinski definition) is 0. The van der Waals surface area contributed by atoms with Crippen molar-refractivity contribution in [1.29, 1.82) is 0 Å². The van der Waals surface area contributed by atoms with Crippen LogP contribution in [0.2, 0.25) is 5.15 Å². The van der Waals surface area contributed by atoms with Gasteiger partial charge in [-0.3, -0.25) is 4.79 Å². The minimum absolute atomic E-state index is 0.208. The van der Waals surface area contributed by atoms with Gasteiger partial charge in [-0.2, -0.15) is 0 Å². The third-order valence-electron chi connectivity index (χ3n) is 2.41. The molecule has 6 heteroatoms. The summed E-state index contributed by atoms with van der Waals surface area (Å²) in [7, 11) is 1.39. The molecule has 0 saturated heterocycles. The molecule has 1 aromatic rings. The number of methoxy groups -OCH3 is 1. The van der Waals surface area contributed by atoms with Crippen LogP contribution in [0.4, 0.5) is 0 Å². The summed E-state index contributed by atoms with van der Waals surface area (Å²) in [5, 5.41) is 1.30. The van der Waals surface area contributed by atoms with Crippen molar-refractivity contribution in [2.24, 2.45) is 0 Å². The molecule has 1 heterocycles. The zero-order chi connectivity index (χ0) is 12.3. The summed E-state index contributed by atoms with van der Waals surface area (Å²) >= 11 is 7.44. The van der Waals surface area contributed by atoms with Crippen molar-refractivity contribution in [3.8, 4) is 0 Å². The molecule has 0 N–H and O–H groups in total. The molecular weight excluding hydrogens is 260 g/mol. The van der Waals surface area contributed by atoms with E-state index in [1.165, 1.54) is 18.9 Å². The predicted molar refractivity (Wildman–Crippen MR) is 66.4 cm³/mol. The molecule has 1 saturated carbocycles. The van der Waals surface area contributed by atoms with E-state index in [9.17, 15) is 4.79 Å². The molecule has 0 unspecified atom stereocenters. The van der Waals surface area contributed by atoms with Crippen LogP contribution in [0.3, 0.4) is 0 Å². The quantitative estimate of drug-likeness (QED) is 0.469. The molecule has 0 amide bonds. The maximum Gasteiger partial charge on any atom is 0.306 e. The summed E-state index contributed by atoms with van der Waals surface area (Å²) in [6.45, 7) is 0. The van der Waals surface area contributed by atoms with Gasteiger partial charge in [0.15, 0.2) is 0 Å². The second-order valence-corrected chi connectivity index (χ2v) is 5.34. The molecule has 4 nitrogen and oxygen atoms in total. The van der Waals surface area contributed by atoms with Crippen LogP contribution >= 0.6 is 23.4 Å². The minimum atomic E-state index is -0.208. The first-order valence-electron chi connectivity index (χ1n) is 5.43. The van der Waals surface area contributed by atoms with Crippen LogP contribution in [0.5, 0.6) is 0 Å². The van der Waals surface area contributed by atoms with Crippen LogP contribution in [0.25, 0.3) is 0 Å². The van der Waals surface area contributed by atoms with Crippen molar-refractivity contribution in [3.05, 3.63) is 17.0 Å². The first kappa shape index (κ1) is 12.6. The Morgan fingerprint density at radius 2 is 2.35 bits per heavy atom. The van der Waals surface area contributed by atoms with Crippen molar-refractivity contribution < 1.29 is 9.53 Å². The molecule has 1 aliphatic carbocycles. The number of rotatable bonds is 5. The SMILES string of the molecule is COC(=O)CCSc1cc(Cl)nc(C2CC2)n1. The fraction of sp³-hybridized carbons (Fsp3) is 0.545. The van der Waals surface area contributed by atoms with E-state index in [1.807, 2.05) is 0 Å². The van der Waals surface area contributed by atoms with Gasteiger partial charge in [0.1, 0.15) is 16.0 Å². The Morgan fingerprint density at radius 3 is 3.00 bits per heavy atom. The molecule has 0 aromatic carbocycles. The van der Waals surface area contributed by atoms with Crippen LogP contribution < -0.4 is 0 Å². The first-order valence-corrected chi connectivity index (χ1v) is 6.79. The molecular formula is C11H13ClN2O2S. The number of esters is 1. The maximum atomic E-state index is 11.0. The summed E-state index contributed by atoms with van der Waals surface area (Å²) in [4.78, 5) is 19.6. The monoisotopic (exact) mass is 272 g/mol. The molecule has 0 bridgehead atoms. The van der Waals surface area contributed by atoms with E-state index in [4.69, 9.17) is 11.6 Å². The number of aromatic nitrogens is 2. The van der Waals surface area contributed by atoms with Crippen molar-refractivity contribution in [1.82, 2.24) is 9.97 Å². The van der Waals surface area contributed by atoms with Gasteiger partial charge in [-0.1, -0.05) is 11.6 Å². The van der Waals surface area contributed by atoms with E-state index in [-0.39, 0.29) is 5.97 Å². The van der Waals surface area contributed by atoms with Gasteiger partial charge in [-0.15, -0.1) is 11.8 Å². The van der Waals surface area contributed by atoms with E-state index in [2.05, 4.69) is 14.7 Å². The topological polar surface area (TPSA) is 52.1 Å². The van der Waals surface area contributed by atoms with E-state index in [1.54, 1.807) is 6.07 Å². The normalized spacial score (nSPS) is 14.7. The van der Waals surface area contributed by atoms with Crippen LogP contribution in [0, 0.1) is 0 Å². The van der Waals surface area contributed by atoms with Crippen LogP contribution in [0.1, 0.15) is 31.0 Å². The van der Waals surface area contributed by atoms with Crippen LogP contribution in [-0.2, 0) is 9.53 Å². The largest absolute Gasteiger partial charge is 0.469 e. The standard InChI is InChI=1S/C11H13ClN2O2S/c1-16-10(15)4-5-17-9-6-8(12)13-11(14-9)7-2-3-7/h6-7H,2-5H2,1H3. The Bertz CT molecular complexity index is 424. The van der Waals surface area contributed by atoms with Gasteiger partial charge in [0.25, 0.3) is 0 Å². The molecule has 92 valence electrons. The number of nitrogens with zero attached hydrogens (tertiary/aromatic N) is 2. The highest BCUT2D eigenvalue weighted by atomic mass is 35.5. The highest BCUT2D eigenvalue weighted by Gasteiger charge is 2.27. The van der Waals surface area contributed by atoms with Gasteiger partial charge in [0.05, 0.1) is 13.5 Å². The second-order valence-electron chi connectivity index (χ2n) is 3.84. The van der Waals surface area contributed by atoms with Gasteiger partial charge in [-0.25, -0.2) is 9.97 Å². The lowest BCUT2D eigenvalue weighted by molar-refractivity contribution is -0.140. The number of carbonyl (C=O) groups excluding carboxylic acids is 1. The Morgan fingerprint density at radius 1 is 1.59 bits per heavy atom. The Hall–Kier alpha value is -0.810. The number of halogens is 1. The Labute approximate surface area is 109 Å². The number of hydrogen-bond acceptors (Lipinski definition) is 5. The zero-order valence-electron chi connectivity index (χ0n) is 9.48. The smallest absolute Gasteiger partial charge is 0.306 e. The Kier molecular flexibility index (Phi) is 4.23. The maximum absolute atomic E-state index is 11.0. The highest BCUT2D eigenvalue weighted by Crippen LogP contribution is 2.39. The van der Waals surface area contributed by atoms with E-state index in [0.29, 0.717) is 23.2 Å². The summed E-state index contributed by atoms with van der Waals surface area (Å²) in [5.74, 6) is 1.75. The second kappa shape index (κ2) is 5.69. The average Bonchev–Trinajstić information content (AvgIpc) is 3.12. The van der Waals surface area contributed by atoms with E-state index >= 15 is 0 Å². The fourth-order valence-electron chi connectivity index (χ4n) is 1.35. The average molecular weight is 273 g/mol. The molecule has 17 heavy (non-hydrogen) atoms. The summed E-state index contributed by atoms with van der Waals surface area (Å²) in [6, 6.07) is 1.73. The van der Waals surface area contributed by atoms with Crippen molar-refractivity contribution in [3.63, 3.8) is 0 Å². The van der Waals surface area contributed by atoms with Gasteiger partial charge >= 0.3 is 5.97 Å². The fourth-order valence-corrected chi connectivity index (χ4v) is 2.44. The van der Waals surface area contributed by atoms with E-state index < -0.39 is 0 Å². The Balaban J connectivity index is 1.93. The summed E-state index contributed by atoms with van der Waals surface area (Å²) in [5.41, 5.74) is 0. The van der Waals surface area contributed by atoms with Crippen LogP contribution in [-0.4, -0.2) is 28.8 Å². The minimum Gasteiger partial charge on any atom is -0.469 e. The molecule has 0 spiro atoms. The van der Waals surface area contributed by atoms with Gasteiger partial charge in [-0.05, 0) is 12.8 Å².